The third kappa shape index (κ3) is 5.85. The lowest BCUT2D eigenvalue weighted by atomic mass is 9.33. The van der Waals surface area contributed by atoms with Crippen molar-refractivity contribution in [2.75, 3.05) is 13.2 Å². The Kier molecular flexibility index (Phi) is 10.2. The smallest absolute Gasteiger partial charge is 0.310 e. The van der Waals surface area contributed by atoms with Crippen molar-refractivity contribution in [3.63, 3.8) is 0 Å². The van der Waals surface area contributed by atoms with Crippen molar-refractivity contribution in [3.8, 4) is 0 Å². The molecule has 53 heavy (non-hydrogen) atoms. The van der Waals surface area contributed by atoms with Crippen molar-refractivity contribution >= 4 is 5.97 Å². The van der Waals surface area contributed by atoms with E-state index in [0.29, 0.717) is 18.8 Å². The molecule has 6 fully saturated rings. The van der Waals surface area contributed by atoms with Crippen molar-refractivity contribution in [3.05, 3.63) is 11.6 Å². The highest BCUT2D eigenvalue weighted by Crippen LogP contribution is 2.76. The number of hydrogen-bond donors (Lipinski definition) is 7. The molecule has 7 N–H and O–H groups in total. The summed E-state index contributed by atoms with van der Waals surface area (Å²) in [7, 11) is 0. The highest BCUT2D eigenvalue weighted by Gasteiger charge is 2.70. The van der Waals surface area contributed by atoms with Gasteiger partial charge in [0.05, 0.1) is 30.8 Å². The molecule has 18 atom stereocenters. The average Bonchev–Trinajstić information content (AvgIpc) is 3.10. The summed E-state index contributed by atoms with van der Waals surface area (Å²) in [5, 5.41) is 74.9. The number of carboxylic acids is 1. The summed E-state index contributed by atoms with van der Waals surface area (Å²) < 4.78 is 24.3. The number of ether oxygens (including phenoxy) is 4. The Labute approximate surface area is 314 Å². The molecule has 4 saturated carbocycles. The third-order valence-corrected chi connectivity index (χ3v) is 17.0. The lowest BCUT2D eigenvalue weighted by Crippen LogP contribution is -2.67. The Morgan fingerprint density at radius 2 is 1.53 bits per heavy atom. The molecule has 0 aromatic carbocycles. The summed E-state index contributed by atoms with van der Waals surface area (Å²) in [4.78, 5) is 13.0. The molecular weight excluding hydrogens is 684 g/mol. The average molecular weight is 751 g/mol. The van der Waals surface area contributed by atoms with Crippen LogP contribution in [-0.4, -0.2) is 116 Å². The second-order valence-electron chi connectivity index (χ2n) is 20.0. The Morgan fingerprint density at radius 3 is 2.21 bits per heavy atom. The molecule has 12 heteroatoms. The fourth-order valence-corrected chi connectivity index (χ4v) is 13.3. The normalized spacial score (nSPS) is 55.1. The molecule has 2 saturated heterocycles. The highest BCUT2D eigenvalue weighted by molar-refractivity contribution is 5.76. The minimum absolute atomic E-state index is 0.0360. The van der Waals surface area contributed by atoms with Crippen LogP contribution in [0.15, 0.2) is 11.6 Å². The summed E-state index contributed by atoms with van der Waals surface area (Å²) in [5.74, 6) is -0.194. The van der Waals surface area contributed by atoms with Gasteiger partial charge in [0.2, 0.25) is 0 Å². The monoisotopic (exact) mass is 750 g/mol. The van der Waals surface area contributed by atoms with Gasteiger partial charge in [-0.3, -0.25) is 4.79 Å². The molecule has 12 nitrogen and oxygen atoms in total. The van der Waals surface area contributed by atoms with Crippen molar-refractivity contribution in [1.82, 2.24) is 0 Å². The number of aliphatic hydroxyl groups is 6. The number of rotatable bonds is 6. The van der Waals surface area contributed by atoms with Gasteiger partial charge in [-0.15, -0.1) is 0 Å². The van der Waals surface area contributed by atoms with Gasteiger partial charge in [-0.25, -0.2) is 0 Å². The van der Waals surface area contributed by atoms with Crippen LogP contribution in [0.2, 0.25) is 0 Å². The number of carbonyl (C=O) groups is 1. The molecule has 2 heterocycles. The van der Waals surface area contributed by atoms with Crippen LogP contribution >= 0.6 is 0 Å². The van der Waals surface area contributed by atoms with E-state index in [-0.39, 0.29) is 46.7 Å². The van der Waals surface area contributed by atoms with Gasteiger partial charge in [-0.1, -0.05) is 53.2 Å². The molecule has 0 radical (unpaired) electrons. The molecule has 0 spiro atoms. The van der Waals surface area contributed by atoms with Crippen LogP contribution < -0.4 is 0 Å². The molecule has 0 aromatic rings. The molecule has 0 aromatic heterocycles. The Balaban J connectivity index is 1.15. The first-order valence-electron chi connectivity index (χ1n) is 20.2. The summed E-state index contributed by atoms with van der Waals surface area (Å²) >= 11 is 0. The number of aliphatic hydroxyl groups excluding tert-OH is 6. The molecule has 0 amide bonds. The third-order valence-electron chi connectivity index (χ3n) is 17.0. The zero-order chi connectivity index (χ0) is 38.7. The predicted molar refractivity (Wildman–Crippen MR) is 192 cm³/mol. The zero-order valence-electron chi connectivity index (χ0n) is 32.7. The molecular formula is C41H66O12. The highest BCUT2D eigenvalue weighted by atomic mass is 16.8. The van der Waals surface area contributed by atoms with Gasteiger partial charge in [-0.05, 0) is 111 Å². The SMILES string of the molecule is C[C@@H]1O[C@@H](O[C@H]2[C@H](O[C@H]3CC[C@@]4(C)[C@@H](CC[C@]5(C)[C@@H]4CC=C4[C@H]6CC(C)(C)CC[C@]6(C(=O)O)CC[C@]45C)[C@]3(C)CO)OC[C@H](O)[C@@H]2O)[C@H](O)[C@H](O)[C@H]1O. The van der Waals surface area contributed by atoms with E-state index in [2.05, 4.69) is 47.6 Å². The summed E-state index contributed by atoms with van der Waals surface area (Å²) in [6.45, 7) is 15.1. The maximum absolute atomic E-state index is 13.0. The van der Waals surface area contributed by atoms with E-state index in [9.17, 15) is 40.5 Å². The van der Waals surface area contributed by atoms with E-state index in [0.717, 1.165) is 51.4 Å². The van der Waals surface area contributed by atoms with Gasteiger partial charge in [-0.2, -0.15) is 0 Å². The van der Waals surface area contributed by atoms with E-state index in [1.807, 2.05) is 0 Å². The fourth-order valence-electron chi connectivity index (χ4n) is 13.3. The molecule has 0 unspecified atom stereocenters. The topological polar surface area (TPSA) is 196 Å². The van der Waals surface area contributed by atoms with Crippen LogP contribution in [0.5, 0.6) is 0 Å². The quantitative estimate of drug-likeness (QED) is 0.155. The number of carboxylic acid groups (broad SMARTS) is 1. The van der Waals surface area contributed by atoms with Gasteiger partial charge in [0.15, 0.2) is 12.6 Å². The second kappa shape index (κ2) is 13.5. The number of fused-ring (bicyclic) bond motifs is 7. The van der Waals surface area contributed by atoms with Gasteiger partial charge < -0.3 is 54.7 Å². The Bertz CT molecular complexity index is 1440. The van der Waals surface area contributed by atoms with Crippen LogP contribution in [-0.2, 0) is 23.7 Å². The largest absolute Gasteiger partial charge is 0.481 e. The van der Waals surface area contributed by atoms with Gasteiger partial charge in [0.1, 0.15) is 36.6 Å². The number of allylic oxidation sites excluding steroid dienone is 2. The second-order valence-corrected chi connectivity index (χ2v) is 20.0. The number of hydrogen-bond acceptors (Lipinski definition) is 11. The summed E-state index contributed by atoms with van der Waals surface area (Å²) in [6.07, 6.45) is -1.79. The van der Waals surface area contributed by atoms with Gasteiger partial charge >= 0.3 is 5.97 Å². The first-order valence-corrected chi connectivity index (χ1v) is 20.2. The van der Waals surface area contributed by atoms with Crippen LogP contribution in [0.4, 0.5) is 0 Å². The first kappa shape index (κ1) is 40.0. The van der Waals surface area contributed by atoms with Crippen molar-refractivity contribution in [1.29, 1.82) is 0 Å². The van der Waals surface area contributed by atoms with Gasteiger partial charge in [0.25, 0.3) is 0 Å². The maximum atomic E-state index is 13.0. The van der Waals surface area contributed by atoms with Crippen LogP contribution in [0, 0.1) is 50.2 Å². The molecule has 7 rings (SSSR count). The molecule has 302 valence electrons. The minimum Gasteiger partial charge on any atom is -0.481 e. The first-order chi connectivity index (χ1) is 24.7. The van der Waals surface area contributed by atoms with E-state index >= 15 is 0 Å². The lowest BCUT2D eigenvalue weighted by Gasteiger charge is -2.71. The fraction of sp³-hybridized carbons (Fsp3) is 0.927. The predicted octanol–water partition coefficient (Wildman–Crippen LogP) is 3.52. The van der Waals surface area contributed by atoms with Crippen molar-refractivity contribution in [2.45, 2.75) is 174 Å². The molecule has 0 bridgehead atoms. The lowest BCUT2D eigenvalue weighted by molar-refractivity contribution is -0.365. The van der Waals surface area contributed by atoms with Crippen LogP contribution in [0.1, 0.15) is 113 Å². The van der Waals surface area contributed by atoms with Crippen LogP contribution in [0.3, 0.4) is 0 Å². The van der Waals surface area contributed by atoms with E-state index < -0.39 is 78.2 Å². The Morgan fingerprint density at radius 1 is 0.830 bits per heavy atom. The minimum atomic E-state index is -1.62. The van der Waals surface area contributed by atoms with Gasteiger partial charge in [0, 0.05) is 5.41 Å². The number of aliphatic carboxylic acids is 1. The van der Waals surface area contributed by atoms with E-state index in [1.54, 1.807) is 0 Å². The van der Waals surface area contributed by atoms with Crippen LogP contribution in [0.25, 0.3) is 0 Å². The molecule has 7 aliphatic rings. The summed E-state index contributed by atoms with van der Waals surface area (Å²) in [5.41, 5.74) is -0.239. The van der Waals surface area contributed by atoms with E-state index in [1.165, 1.54) is 12.5 Å². The molecule has 2 aliphatic heterocycles. The molecule has 5 aliphatic carbocycles. The maximum Gasteiger partial charge on any atom is 0.310 e. The van der Waals surface area contributed by atoms with Crippen molar-refractivity contribution < 1.29 is 59.5 Å². The Hall–Kier alpha value is -1.19. The zero-order valence-corrected chi connectivity index (χ0v) is 32.7. The summed E-state index contributed by atoms with van der Waals surface area (Å²) in [6, 6.07) is 0. The van der Waals surface area contributed by atoms with Crippen molar-refractivity contribution in [2.24, 2.45) is 50.2 Å². The van der Waals surface area contributed by atoms with E-state index in [4.69, 9.17) is 18.9 Å². The standard InChI is InChI=1S/C41H66O12/c1-21-28(44)30(46)31(47)33(51-21)53-32-29(45)24(43)19-50-34(32)52-27-11-12-37(4)25(38(27,5)20-42)10-13-40(7)26(37)9-8-22-23-18-36(2,3)14-16-41(23,35(48)49)17-15-39(22,40)6/h8,21,23-34,42-47H,9-20H2,1-7H3,(H,48,49)/t21-,23+,24-,25+,26+,27-,28-,29-,30+,31+,32+,33-,34-,37-,38-,39+,40+,41-/m0/s1.